The maximum absolute atomic E-state index is 14.3. The molecule has 1 aliphatic rings. The third kappa shape index (κ3) is 4.58. The second-order valence-electron chi connectivity index (χ2n) is 7.44. The van der Waals surface area contributed by atoms with Crippen LogP contribution in [-0.2, 0) is 21.2 Å². The largest absolute Gasteiger partial charge is 0.481 e. The Kier molecular flexibility index (Phi) is 6.50. The summed E-state index contributed by atoms with van der Waals surface area (Å²) < 4.78 is 48.6. The zero-order valence-corrected chi connectivity index (χ0v) is 19.5. The molecule has 0 aliphatic carbocycles. The number of urea groups is 1. The quantitative estimate of drug-likeness (QED) is 0.560. The molecule has 11 nitrogen and oxygen atoms in total. The molecule has 0 unspecified atom stereocenters. The molecule has 13 heteroatoms. The topological polar surface area (TPSA) is 143 Å². The van der Waals surface area contributed by atoms with Gasteiger partial charge in [0.05, 0.1) is 25.5 Å². The van der Waals surface area contributed by atoms with Gasteiger partial charge in [-0.15, -0.1) is 4.36 Å². The Morgan fingerprint density at radius 3 is 2.91 bits per heavy atom. The van der Waals surface area contributed by atoms with Crippen molar-refractivity contribution in [1.82, 2.24) is 14.8 Å². The van der Waals surface area contributed by atoms with E-state index in [9.17, 15) is 13.4 Å². The van der Waals surface area contributed by atoms with Crippen LogP contribution in [0.25, 0.3) is 11.1 Å². The molecule has 34 heavy (non-hydrogen) atoms. The van der Waals surface area contributed by atoms with Crippen molar-refractivity contribution in [1.29, 1.82) is 0 Å². The molecular formula is C21H23FN6O5S. The van der Waals surface area contributed by atoms with E-state index in [1.807, 2.05) is 0 Å². The van der Waals surface area contributed by atoms with Gasteiger partial charge in [-0.05, 0) is 30.7 Å². The van der Waals surface area contributed by atoms with Crippen molar-refractivity contribution >= 4 is 21.6 Å². The third-order valence-corrected chi connectivity index (χ3v) is 6.64. The van der Waals surface area contributed by atoms with Gasteiger partial charge in [-0.3, -0.25) is 0 Å². The molecule has 0 fully saturated rings. The Balaban J connectivity index is 1.68. The normalized spacial score (nSPS) is 16.7. The van der Waals surface area contributed by atoms with Crippen molar-refractivity contribution in [3.05, 3.63) is 48.0 Å². The number of aromatic nitrogens is 3. The molecule has 0 saturated carbocycles. The van der Waals surface area contributed by atoms with E-state index >= 15 is 0 Å². The molecule has 0 radical (unpaired) electrons. The van der Waals surface area contributed by atoms with Gasteiger partial charge in [0.2, 0.25) is 11.8 Å². The first kappa shape index (κ1) is 23.6. The molecule has 180 valence electrons. The average Bonchev–Trinajstić information content (AvgIpc) is 3.26. The molecular weight excluding hydrogens is 467 g/mol. The number of nitrogens with one attached hydrogen (secondary N) is 1. The fourth-order valence-corrected chi connectivity index (χ4v) is 4.47. The molecule has 0 spiro atoms. The summed E-state index contributed by atoms with van der Waals surface area (Å²) >= 11 is 0. The van der Waals surface area contributed by atoms with Gasteiger partial charge in [-0.25, -0.2) is 28.2 Å². The summed E-state index contributed by atoms with van der Waals surface area (Å²) in [6.07, 6.45) is 2.54. The molecule has 3 aromatic rings. The van der Waals surface area contributed by atoms with Crippen LogP contribution in [0.4, 0.5) is 14.9 Å². The molecule has 4 rings (SSSR count). The lowest BCUT2D eigenvalue weighted by Crippen LogP contribution is -2.32. The number of anilines is 1. The van der Waals surface area contributed by atoms with Crippen molar-refractivity contribution in [2.75, 3.05) is 26.1 Å². The van der Waals surface area contributed by atoms with E-state index in [0.29, 0.717) is 23.6 Å². The standard InChI is InChI=1S/C21H23FN6O5S/c1-12-16(22)5-4-15(13-6-7-24-18(8-13)32-3)19(12)26-21(29)27-34(23,30)17-9-25-28-10-14(31-2)11-33-20(17)28/h4-9,14H,10-11H2,1-3H3,(H3,23,26,27,29,30)/t14-,34-/m0/s1. The zero-order valence-electron chi connectivity index (χ0n) is 18.6. The SMILES string of the molecule is COc1cc(-c2ccc(F)c(C)c2NC(=O)N=[S@](N)(=O)c2cnn3c2OC[C@@H](OC)C3)ccn1. The van der Waals surface area contributed by atoms with Crippen molar-refractivity contribution in [2.45, 2.75) is 24.5 Å². The minimum Gasteiger partial charge on any atom is -0.481 e. The van der Waals surface area contributed by atoms with E-state index in [1.54, 1.807) is 19.2 Å². The molecule has 1 aromatic carbocycles. The summed E-state index contributed by atoms with van der Waals surface area (Å²) in [6, 6.07) is 5.07. The summed E-state index contributed by atoms with van der Waals surface area (Å²) in [7, 11) is -0.713. The summed E-state index contributed by atoms with van der Waals surface area (Å²) in [5, 5.41) is 12.5. The Labute approximate surface area is 195 Å². The minimum absolute atomic E-state index is 0.0211. The van der Waals surface area contributed by atoms with Crippen molar-refractivity contribution in [3.8, 4) is 22.9 Å². The first-order chi connectivity index (χ1) is 16.2. The van der Waals surface area contributed by atoms with Gasteiger partial charge in [0.15, 0.2) is 9.92 Å². The summed E-state index contributed by atoms with van der Waals surface area (Å²) in [5.41, 5.74) is 1.42. The number of amides is 2. The lowest BCUT2D eigenvalue weighted by Gasteiger charge is -2.23. The molecule has 3 N–H and O–H groups in total. The van der Waals surface area contributed by atoms with Gasteiger partial charge in [-0.1, -0.05) is 0 Å². The van der Waals surface area contributed by atoms with Crippen molar-refractivity contribution in [3.63, 3.8) is 0 Å². The zero-order chi connectivity index (χ0) is 24.5. The number of hydrogen-bond acceptors (Lipinski definition) is 7. The van der Waals surface area contributed by atoms with Crippen molar-refractivity contribution in [2.24, 2.45) is 9.50 Å². The fourth-order valence-electron chi connectivity index (χ4n) is 3.47. The molecule has 2 amide bonds. The monoisotopic (exact) mass is 490 g/mol. The number of methoxy groups -OCH3 is 2. The van der Waals surface area contributed by atoms with Gasteiger partial charge in [0, 0.05) is 30.5 Å². The molecule has 1 aliphatic heterocycles. The number of benzene rings is 1. The summed E-state index contributed by atoms with van der Waals surface area (Å²) in [6.45, 7) is 2.08. The number of nitrogens with two attached hydrogens (primary N) is 1. The summed E-state index contributed by atoms with van der Waals surface area (Å²) in [4.78, 5) is 16.8. The summed E-state index contributed by atoms with van der Waals surface area (Å²) in [5.74, 6) is -0.0441. The van der Waals surface area contributed by atoms with Crippen LogP contribution in [0.3, 0.4) is 0 Å². The third-order valence-electron chi connectivity index (χ3n) is 5.29. The van der Waals surface area contributed by atoms with Crippen LogP contribution in [-0.4, -0.2) is 51.9 Å². The van der Waals surface area contributed by atoms with E-state index < -0.39 is 21.8 Å². The lowest BCUT2D eigenvalue weighted by atomic mass is 10.0. The smallest absolute Gasteiger partial charge is 0.354 e. The number of halogens is 1. The van der Waals surface area contributed by atoms with Gasteiger partial charge >= 0.3 is 6.03 Å². The van der Waals surface area contributed by atoms with Gasteiger partial charge in [0.25, 0.3) is 0 Å². The highest BCUT2D eigenvalue weighted by molar-refractivity contribution is 7.91. The second kappa shape index (κ2) is 9.37. The number of nitrogens with zero attached hydrogens (tertiary/aromatic N) is 4. The van der Waals surface area contributed by atoms with E-state index in [-0.39, 0.29) is 34.7 Å². The highest BCUT2D eigenvalue weighted by Crippen LogP contribution is 2.34. The Bertz CT molecular complexity index is 1370. The Morgan fingerprint density at radius 2 is 2.18 bits per heavy atom. The van der Waals surface area contributed by atoms with E-state index in [1.165, 1.54) is 43.2 Å². The highest BCUT2D eigenvalue weighted by atomic mass is 32.2. The minimum atomic E-state index is -3.72. The van der Waals surface area contributed by atoms with E-state index in [4.69, 9.17) is 19.3 Å². The van der Waals surface area contributed by atoms with Crippen LogP contribution >= 0.6 is 0 Å². The molecule has 3 heterocycles. The number of pyridine rings is 1. The van der Waals surface area contributed by atoms with Gasteiger partial charge in [-0.2, -0.15) is 5.10 Å². The predicted octanol–water partition coefficient (Wildman–Crippen LogP) is 2.74. The highest BCUT2D eigenvalue weighted by Gasteiger charge is 2.28. The van der Waals surface area contributed by atoms with Crippen LogP contribution in [0.15, 0.2) is 45.9 Å². The van der Waals surface area contributed by atoms with Crippen LogP contribution in [0, 0.1) is 12.7 Å². The van der Waals surface area contributed by atoms with Crippen LogP contribution in [0.2, 0.25) is 0 Å². The molecule has 0 saturated heterocycles. The number of hydrogen-bond donors (Lipinski definition) is 2. The number of carbonyl (C=O) groups is 1. The maximum Gasteiger partial charge on any atom is 0.354 e. The predicted molar refractivity (Wildman–Crippen MR) is 121 cm³/mol. The van der Waals surface area contributed by atoms with E-state index in [2.05, 4.69) is 19.8 Å². The second-order valence-corrected chi connectivity index (χ2v) is 9.20. The van der Waals surface area contributed by atoms with Crippen LogP contribution in [0.1, 0.15) is 5.56 Å². The average molecular weight is 491 g/mol. The first-order valence-corrected chi connectivity index (χ1v) is 11.7. The van der Waals surface area contributed by atoms with Crippen molar-refractivity contribution < 1.29 is 27.6 Å². The van der Waals surface area contributed by atoms with E-state index in [0.717, 1.165) is 0 Å². The number of rotatable bonds is 5. The molecule has 2 aromatic heterocycles. The molecule has 2 atom stereocenters. The maximum atomic E-state index is 14.3. The van der Waals surface area contributed by atoms with Gasteiger partial charge in [0.1, 0.15) is 23.4 Å². The van der Waals surface area contributed by atoms with Crippen LogP contribution < -0.4 is 19.9 Å². The lowest BCUT2D eigenvalue weighted by molar-refractivity contribution is 0.0165. The molecule has 0 bridgehead atoms. The number of carbonyl (C=O) groups excluding carboxylic acids is 1. The Hall–Kier alpha value is -3.55. The van der Waals surface area contributed by atoms with Gasteiger partial charge < -0.3 is 19.5 Å². The fraction of sp³-hybridized carbons (Fsp3) is 0.286. The van der Waals surface area contributed by atoms with Crippen LogP contribution in [0.5, 0.6) is 11.8 Å². The number of fused-ring (bicyclic) bond motifs is 1. The number of ether oxygens (including phenoxy) is 3. The first-order valence-electron chi connectivity index (χ1n) is 10.1. The Morgan fingerprint density at radius 1 is 1.38 bits per heavy atom.